The molecule has 0 aliphatic heterocycles. The lowest BCUT2D eigenvalue weighted by molar-refractivity contribution is -0.114. The summed E-state index contributed by atoms with van der Waals surface area (Å²) in [6.45, 7) is 1.40. The Morgan fingerprint density at radius 3 is 2.25 bits per heavy atom. The van der Waals surface area contributed by atoms with E-state index in [0.717, 1.165) is 11.1 Å². The molecule has 5 nitrogen and oxygen atoms in total. The van der Waals surface area contributed by atoms with Crippen LogP contribution in [0.2, 0.25) is 5.02 Å². The van der Waals surface area contributed by atoms with Gasteiger partial charge in [-0.2, -0.15) is 0 Å². The highest BCUT2D eigenvalue weighted by atomic mass is 35.5. The number of hydrogen-bond acceptors (Lipinski definition) is 3. The normalized spacial score (nSPS) is 10.2. The van der Waals surface area contributed by atoms with Gasteiger partial charge in [0.2, 0.25) is 5.91 Å². The average Bonchev–Trinajstić information content (AvgIpc) is 2.69. The first-order chi connectivity index (χ1) is 13.5. The van der Waals surface area contributed by atoms with Crippen molar-refractivity contribution in [3.8, 4) is 16.9 Å². The van der Waals surface area contributed by atoms with Crippen molar-refractivity contribution >= 4 is 34.8 Å². The van der Waals surface area contributed by atoms with E-state index < -0.39 is 0 Å². The van der Waals surface area contributed by atoms with Crippen molar-refractivity contribution in [2.24, 2.45) is 0 Å². The van der Waals surface area contributed by atoms with Gasteiger partial charge in [0.05, 0.1) is 17.8 Å². The van der Waals surface area contributed by atoms with Crippen molar-refractivity contribution < 1.29 is 14.3 Å². The van der Waals surface area contributed by atoms with Crippen molar-refractivity contribution in [3.63, 3.8) is 0 Å². The van der Waals surface area contributed by atoms with Crippen LogP contribution in [0.15, 0.2) is 66.7 Å². The van der Waals surface area contributed by atoms with Crippen LogP contribution in [0, 0.1) is 0 Å². The zero-order valence-electron chi connectivity index (χ0n) is 15.5. The second-order valence-corrected chi connectivity index (χ2v) is 6.48. The Labute approximate surface area is 168 Å². The molecule has 0 bridgehead atoms. The molecule has 3 aromatic rings. The highest BCUT2D eigenvalue weighted by Gasteiger charge is 2.16. The number of halogens is 1. The summed E-state index contributed by atoms with van der Waals surface area (Å²) in [6, 6.07) is 19.8. The van der Waals surface area contributed by atoms with Gasteiger partial charge in [-0.1, -0.05) is 48.0 Å². The summed E-state index contributed by atoms with van der Waals surface area (Å²) in [4.78, 5) is 24.1. The number of anilines is 2. The van der Waals surface area contributed by atoms with E-state index in [2.05, 4.69) is 10.6 Å². The summed E-state index contributed by atoms with van der Waals surface area (Å²) in [5.41, 5.74) is 3.11. The van der Waals surface area contributed by atoms with Crippen molar-refractivity contribution in [2.75, 3.05) is 17.7 Å². The van der Waals surface area contributed by atoms with Crippen LogP contribution in [-0.2, 0) is 4.79 Å². The first-order valence-electron chi connectivity index (χ1n) is 8.60. The molecule has 0 heterocycles. The van der Waals surface area contributed by atoms with Gasteiger partial charge in [-0.25, -0.2) is 0 Å². The van der Waals surface area contributed by atoms with Gasteiger partial charge >= 0.3 is 0 Å². The van der Waals surface area contributed by atoms with Crippen LogP contribution in [0.5, 0.6) is 5.75 Å². The van der Waals surface area contributed by atoms with Crippen molar-refractivity contribution in [1.82, 2.24) is 0 Å². The van der Waals surface area contributed by atoms with E-state index in [9.17, 15) is 9.59 Å². The first kappa shape index (κ1) is 19.5. The maximum absolute atomic E-state index is 12.9. The number of benzene rings is 3. The molecule has 0 aliphatic rings. The van der Waals surface area contributed by atoms with Gasteiger partial charge in [0.15, 0.2) is 0 Å². The fourth-order valence-electron chi connectivity index (χ4n) is 2.87. The van der Waals surface area contributed by atoms with E-state index >= 15 is 0 Å². The average molecular weight is 395 g/mol. The molecule has 0 radical (unpaired) electrons. The third-order valence-corrected chi connectivity index (χ3v) is 4.42. The van der Waals surface area contributed by atoms with Crippen molar-refractivity contribution in [2.45, 2.75) is 6.92 Å². The van der Waals surface area contributed by atoms with Crippen LogP contribution in [0.1, 0.15) is 17.3 Å². The largest absolute Gasteiger partial charge is 0.496 e. The molecule has 3 rings (SSSR count). The number of hydrogen-bond donors (Lipinski definition) is 2. The molecule has 2 amide bonds. The zero-order chi connectivity index (χ0) is 20.1. The monoisotopic (exact) mass is 394 g/mol. The van der Waals surface area contributed by atoms with Crippen molar-refractivity contribution in [1.29, 1.82) is 0 Å². The van der Waals surface area contributed by atoms with Gasteiger partial charge in [-0.3, -0.25) is 9.59 Å². The standard InChI is InChI=1S/C22H19ClN2O3/c1-14(26)24-20-12-11-15(13-19(20)23)25-22(27)18-9-4-3-7-16(18)17-8-5-6-10-21(17)28-2/h3-13H,1-2H3,(H,24,26)(H,25,27). The zero-order valence-corrected chi connectivity index (χ0v) is 16.2. The number of para-hydroxylation sites is 1. The predicted molar refractivity (Wildman–Crippen MR) is 112 cm³/mol. The fourth-order valence-corrected chi connectivity index (χ4v) is 3.09. The molecule has 0 fully saturated rings. The number of carbonyl (C=O) groups is 2. The third-order valence-electron chi connectivity index (χ3n) is 4.11. The number of rotatable bonds is 5. The predicted octanol–water partition coefficient (Wildman–Crippen LogP) is 5.23. The van der Waals surface area contributed by atoms with Gasteiger partial charge in [-0.15, -0.1) is 0 Å². The van der Waals surface area contributed by atoms with Gasteiger partial charge in [0.25, 0.3) is 5.91 Å². The summed E-state index contributed by atoms with van der Waals surface area (Å²) < 4.78 is 5.43. The van der Waals surface area contributed by atoms with Crippen molar-refractivity contribution in [3.05, 3.63) is 77.3 Å². The molecule has 0 saturated carbocycles. The fraction of sp³-hybridized carbons (Fsp3) is 0.0909. The number of methoxy groups -OCH3 is 1. The maximum Gasteiger partial charge on any atom is 0.256 e. The topological polar surface area (TPSA) is 67.4 Å². The second kappa shape index (κ2) is 8.59. The molecule has 2 N–H and O–H groups in total. The second-order valence-electron chi connectivity index (χ2n) is 6.08. The summed E-state index contributed by atoms with van der Waals surface area (Å²) in [6.07, 6.45) is 0. The molecule has 0 spiro atoms. The van der Waals surface area contributed by atoms with Gasteiger partial charge in [0.1, 0.15) is 5.75 Å². The molecule has 0 unspecified atom stereocenters. The van der Waals surface area contributed by atoms with Crippen LogP contribution in [0.4, 0.5) is 11.4 Å². The quantitative estimate of drug-likeness (QED) is 0.622. The summed E-state index contributed by atoms with van der Waals surface area (Å²) in [7, 11) is 1.60. The molecule has 28 heavy (non-hydrogen) atoms. The minimum Gasteiger partial charge on any atom is -0.496 e. The Hall–Kier alpha value is -3.31. The Morgan fingerprint density at radius 2 is 1.57 bits per heavy atom. The van der Waals surface area contributed by atoms with Crippen LogP contribution < -0.4 is 15.4 Å². The number of amides is 2. The molecular formula is C22H19ClN2O3. The van der Waals surface area contributed by atoms with Crippen LogP contribution in [0.25, 0.3) is 11.1 Å². The number of nitrogens with one attached hydrogen (secondary N) is 2. The highest BCUT2D eigenvalue weighted by Crippen LogP contribution is 2.33. The molecule has 0 saturated heterocycles. The van der Waals surface area contributed by atoms with E-state index in [0.29, 0.717) is 27.7 Å². The van der Waals surface area contributed by atoms with Gasteiger partial charge in [0, 0.05) is 23.7 Å². The van der Waals surface area contributed by atoms with Gasteiger partial charge in [-0.05, 0) is 35.9 Å². The van der Waals surface area contributed by atoms with E-state index in [1.807, 2.05) is 36.4 Å². The summed E-state index contributed by atoms with van der Waals surface area (Å²) in [5, 5.41) is 5.82. The van der Waals surface area contributed by atoms with E-state index in [1.165, 1.54) is 6.92 Å². The number of carbonyl (C=O) groups excluding carboxylic acids is 2. The lowest BCUT2D eigenvalue weighted by Gasteiger charge is -2.14. The Balaban J connectivity index is 1.90. The van der Waals surface area contributed by atoms with E-state index in [4.69, 9.17) is 16.3 Å². The summed E-state index contributed by atoms with van der Waals surface area (Å²) >= 11 is 6.19. The highest BCUT2D eigenvalue weighted by molar-refractivity contribution is 6.34. The lowest BCUT2D eigenvalue weighted by atomic mass is 9.98. The smallest absolute Gasteiger partial charge is 0.256 e. The minimum atomic E-state index is -0.273. The lowest BCUT2D eigenvalue weighted by Crippen LogP contribution is -2.13. The summed E-state index contributed by atoms with van der Waals surface area (Å²) in [5.74, 6) is 0.194. The molecule has 3 aromatic carbocycles. The molecule has 0 aromatic heterocycles. The molecule has 0 atom stereocenters. The SMILES string of the molecule is COc1ccccc1-c1ccccc1C(=O)Nc1ccc(NC(C)=O)c(Cl)c1. The maximum atomic E-state index is 12.9. The van der Waals surface area contributed by atoms with Gasteiger partial charge < -0.3 is 15.4 Å². The molecule has 6 heteroatoms. The van der Waals surface area contributed by atoms with Crippen LogP contribution in [-0.4, -0.2) is 18.9 Å². The molecular weight excluding hydrogens is 376 g/mol. The Morgan fingerprint density at radius 1 is 0.893 bits per heavy atom. The van der Waals surface area contributed by atoms with Crippen LogP contribution in [0.3, 0.4) is 0 Å². The Kier molecular flexibility index (Phi) is 5.96. The third kappa shape index (κ3) is 4.32. The van der Waals surface area contributed by atoms with E-state index in [1.54, 1.807) is 37.4 Å². The van der Waals surface area contributed by atoms with E-state index in [-0.39, 0.29) is 11.8 Å². The molecule has 0 aliphatic carbocycles. The first-order valence-corrected chi connectivity index (χ1v) is 8.98. The number of ether oxygens (including phenoxy) is 1. The minimum absolute atomic E-state index is 0.218. The molecule has 142 valence electrons. The van der Waals surface area contributed by atoms with Crippen LogP contribution >= 0.6 is 11.6 Å². The Bertz CT molecular complexity index is 1030.